The van der Waals surface area contributed by atoms with Crippen molar-refractivity contribution in [2.45, 2.75) is 0 Å². The van der Waals surface area contributed by atoms with Gasteiger partial charge in [0.05, 0.1) is 33.8 Å². The number of pyridine rings is 2. The van der Waals surface area contributed by atoms with Gasteiger partial charge in [0.15, 0.2) is 16.9 Å². The quantitative estimate of drug-likeness (QED) is 0.175. The summed E-state index contributed by atoms with van der Waals surface area (Å²) in [6.07, 6.45) is 10.6. The smallest absolute Gasteiger partial charge is 0.163 e. The van der Waals surface area contributed by atoms with E-state index in [1.54, 1.807) is 37.2 Å². The molecule has 266 valence electrons. The van der Waals surface area contributed by atoms with Gasteiger partial charge in [-0.1, -0.05) is 72.8 Å². The van der Waals surface area contributed by atoms with Crippen LogP contribution in [0.25, 0.3) is 106 Å². The van der Waals surface area contributed by atoms with Crippen molar-refractivity contribution in [1.29, 1.82) is 0 Å². The lowest BCUT2D eigenvalue weighted by molar-refractivity contribution is 1.09. The molecule has 5 aromatic carbocycles. The van der Waals surface area contributed by atoms with Gasteiger partial charge in [0.1, 0.15) is 11.0 Å². The molecule has 0 saturated carbocycles. The molecule has 7 heterocycles. The molecule has 0 saturated heterocycles. The minimum atomic E-state index is 0.658. The molecule has 0 spiro atoms. The first-order valence-electron chi connectivity index (χ1n) is 18.8. The van der Waals surface area contributed by atoms with E-state index in [0.717, 1.165) is 89.1 Å². The summed E-state index contributed by atoms with van der Waals surface area (Å²) >= 11 is 0. The Morgan fingerprint density at radius 2 is 0.895 bits per heavy atom. The summed E-state index contributed by atoms with van der Waals surface area (Å²) in [6, 6.07) is 49.3. The Bertz CT molecular complexity index is 3320. The zero-order valence-corrected chi connectivity index (χ0v) is 30.3. The van der Waals surface area contributed by atoms with Crippen LogP contribution in [0.3, 0.4) is 0 Å². The average Bonchev–Trinajstić information content (AvgIpc) is 3.96. The monoisotopic (exact) mass is 731 g/mol. The number of hydrogen-bond acceptors (Lipinski definition) is 6. The summed E-state index contributed by atoms with van der Waals surface area (Å²) in [7, 11) is 0. The Balaban J connectivity index is 1.22. The second-order valence-corrected chi connectivity index (χ2v) is 14.1. The van der Waals surface area contributed by atoms with Gasteiger partial charge < -0.3 is 4.57 Å². The molecule has 12 aromatic rings. The number of benzene rings is 5. The van der Waals surface area contributed by atoms with E-state index in [1.807, 2.05) is 12.1 Å². The summed E-state index contributed by atoms with van der Waals surface area (Å²) in [5, 5.41) is 5.57. The van der Waals surface area contributed by atoms with Crippen molar-refractivity contribution in [2.24, 2.45) is 0 Å². The van der Waals surface area contributed by atoms with E-state index in [-0.39, 0.29) is 0 Å². The fourth-order valence-electron chi connectivity index (χ4n) is 8.56. The van der Waals surface area contributed by atoms with Crippen molar-refractivity contribution >= 4 is 65.9 Å². The van der Waals surface area contributed by atoms with E-state index in [9.17, 15) is 0 Å². The maximum atomic E-state index is 4.92. The predicted octanol–water partition coefficient (Wildman–Crippen LogP) is 10.7. The normalized spacial score (nSPS) is 11.9. The van der Waals surface area contributed by atoms with E-state index in [1.165, 1.54) is 10.8 Å². The number of para-hydroxylation sites is 2. The van der Waals surface area contributed by atoms with Crippen LogP contribution in [0.1, 0.15) is 0 Å². The first-order valence-corrected chi connectivity index (χ1v) is 18.8. The van der Waals surface area contributed by atoms with Crippen molar-refractivity contribution in [2.75, 3.05) is 0 Å². The third-order valence-electron chi connectivity index (χ3n) is 11.0. The molecular weight excluding hydrogens is 703 g/mol. The van der Waals surface area contributed by atoms with E-state index in [0.29, 0.717) is 5.65 Å². The molecule has 9 heteroatoms. The first kappa shape index (κ1) is 31.3. The lowest BCUT2D eigenvalue weighted by Crippen LogP contribution is -2.03. The highest BCUT2D eigenvalue weighted by atomic mass is 15.1. The summed E-state index contributed by atoms with van der Waals surface area (Å²) in [5.74, 6) is 0. The molecule has 0 aliphatic rings. The van der Waals surface area contributed by atoms with Crippen LogP contribution in [-0.2, 0) is 0 Å². The number of fused-ring (bicyclic) bond motifs is 7. The van der Waals surface area contributed by atoms with Crippen LogP contribution >= 0.6 is 0 Å². The van der Waals surface area contributed by atoms with Crippen molar-refractivity contribution in [3.05, 3.63) is 177 Å². The molecule has 0 atom stereocenters. The molecule has 0 aliphatic carbocycles. The Morgan fingerprint density at radius 1 is 0.351 bits per heavy atom. The number of hydrogen-bond donors (Lipinski definition) is 0. The number of nitrogens with zero attached hydrogens (tertiary/aromatic N) is 9. The van der Waals surface area contributed by atoms with Gasteiger partial charge >= 0.3 is 0 Å². The SMILES string of the molecule is c1ccc2c(-n3c(-c4cc(-c5cc6nccnc6n5-c5ccnc6ncccc56)cc(-n5c6ccccc6c6ccccc65)c4)cc4nccnc43)cccc2c1. The highest BCUT2D eigenvalue weighted by Crippen LogP contribution is 2.41. The Kier molecular flexibility index (Phi) is 6.73. The maximum Gasteiger partial charge on any atom is 0.163 e. The van der Waals surface area contributed by atoms with E-state index in [4.69, 9.17) is 19.9 Å². The molecule has 9 nitrogen and oxygen atoms in total. The van der Waals surface area contributed by atoms with Gasteiger partial charge in [-0.2, -0.15) is 0 Å². The van der Waals surface area contributed by atoms with Crippen LogP contribution in [-0.4, -0.2) is 43.6 Å². The lowest BCUT2D eigenvalue weighted by atomic mass is 10.0. The van der Waals surface area contributed by atoms with E-state index >= 15 is 0 Å². The molecule has 0 amide bonds. The minimum Gasteiger partial charge on any atom is -0.309 e. The third-order valence-corrected chi connectivity index (χ3v) is 11.0. The molecule has 0 fully saturated rings. The summed E-state index contributed by atoms with van der Waals surface area (Å²) < 4.78 is 6.81. The van der Waals surface area contributed by atoms with Gasteiger partial charge in [-0.05, 0) is 72.1 Å². The molecule has 0 radical (unpaired) electrons. The van der Waals surface area contributed by atoms with Crippen LogP contribution in [0.15, 0.2) is 177 Å². The standard InChI is InChI=1S/C48H29N9/c1-2-11-34-30(9-1)10-7-17-40(34)56-44(28-38-47(56)53-23-21-49-38)31-25-32(27-33(26-31)55-41-15-5-3-12-35(41)36-13-4-6-16-42(36)55)45-29-39-48(54-24-22-50-39)57(45)43-18-20-52-46-37(43)14-8-19-51-46/h1-29H. The van der Waals surface area contributed by atoms with E-state index in [2.05, 4.69) is 151 Å². The Hall–Kier alpha value is -8.04. The topological polar surface area (TPSA) is 92.1 Å². The Morgan fingerprint density at radius 3 is 1.58 bits per heavy atom. The molecular formula is C48H29N9. The van der Waals surface area contributed by atoms with Gasteiger partial charge in [0, 0.05) is 75.5 Å². The van der Waals surface area contributed by atoms with Crippen molar-refractivity contribution in [3.8, 4) is 39.6 Å². The lowest BCUT2D eigenvalue weighted by Gasteiger charge is -2.18. The number of aromatic nitrogens is 9. The number of rotatable bonds is 5. The largest absolute Gasteiger partial charge is 0.309 e. The highest BCUT2D eigenvalue weighted by molar-refractivity contribution is 6.09. The van der Waals surface area contributed by atoms with Crippen LogP contribution in [0, 0.1) is 0 Å². The molecule has 0 N–H and O–H groups in total. The van der Waals surface area contributed by atoms with Crippen LogP contribution in [0.2, 0.25) is 0 Å². The van der Waals surface area contributed by atoms with Crippen LogP contribution < -0.4 is 0 Å². The maximum absolute atomic E-state index is 4.92. The fraction of sp³-hybridized carbons (Fsp3) is 0. The van der Waals surface area contributed by atoms with Crippen LogP contribution in [0.5, 0.6) is 0 Å². The van der Waals surface area contributed by atoms with Gasteiger partial charge in [-0.15, -0.1) is 0 Å². The van der Waals surface area contributed by atoms with Crippen molar-refractivity contribution < 1.29 is 0 Å². The van der Waals surface area contributed by atoms with Crippen LogP contribution in [0.4, 0.5) is 0 Å². The zero-order valence-electron chi connectivity index (χ0n) is 30.3. The zero-order chi connectivity index (χ0) is 37.5. The fourth-order valence-corrected chi connectivity index (χ4v) is 8.56. The van der Waals surface area contributed by atoms with Gasteiger partial charge in [-0.3, -0.25) is 19.1 Å². The molecule has 7 aromatic heterocycles. The second-order valence-electron chi connectivity index (χ2n) is 14.1. The van der Waals surface area contributed by atoms with Gasteiger partial charge in [0.2, 0.25) is 0 Å². The predicted molar refractivity (Wildman–Crippen MR) is 227 cm³/mol. The minimum absolute atomic E-state index is 0.658. The van der Waals surface area contributed by atoms with Gasteiger partial charge in [0.25, 0.3) is 0 Å². The summed E-state index contributed by atoms with van der Waals surface area (Å²) in [4.78, 5) is 28.6. The van der Waals surface area contributed by atoms with Crippen molar-refractivity contribution in [3.63, 3.8) is 0 Å². The van der Waals surface area contributed by atoms with Crippen molar-refractivity contribution in [1.82, 2.24) is 43.6 Å². The summed E-state index contributed by atoms with van der Waals surface area (Å²) in [5.41, 5.74) is 12.8. The molecule has 0 aliphatic heterocycles. The molecule has 0 unspecified atom stereocenters. The first-order chi connectivity index (χ1) is 28.3. The molecule has 12 rings (SSSR count). The molecule has 0 bridgehead atoms. The van der Waals surface area contributed by atoms with Gasteiger partial charge in [-0.25, -0.2) is 19.9 Å². The van der Waals surface area contributed by atoms with E-state index < -0.39 is 0 Å². The molecule has 57 heavy (non-hydrogen) atoms. The second kappa shape index (κ2) is 12.2. The Labute approximate surface area is 324 Å². The highest BCUT2D eigenvalue weighted by Gasteiger charge is 2.22. The third kappa shape index (κ3) is 4.76. The average molecular weight is 732 g/mol. The summed E-state index contributed by atoms with van der Waals surface area (Å²) in [6.45, 7) is 0.